The SMILES string of the molecule is CCCCCc1cc2c(-c3ccc(C)cc3)ccc(-c3ccc(C)cc3)c2[cH-]1.CCCCCc1cc2c(-c3ccc(C)cc3)ccc(-c3ccc(C)cc3)c2[cH-]1.C[Si](C)=[Zr+2].[Cl-].[Cl-]. The molecule has 0 aliphatic rings. The molecule has 0 amide bonds. The first-order chi connectivity index (χ1) is 29.0. The number of hydrogen-bond acceptors (Lipinski definition) is 0. The molecule has 0 saturated heterocycles. The van der Waals surface area contributed by atoms with Gasteiger partial charge in [-0.1, -0.05) is 229 Å². The minimum atomic E-state index is 0. The summed E-state index contributed by atoms with van der Waals surface area (Å²) in [4.78, 5) is 0. The van der Waals surface area contributed by atoms with Crippen LogP contribution in [0.3, 0.4) is 0 Å². The second-order valence-corrected chi connectivity index (χ2v) is 26.5. The Balaban J connectivity index is 0.000000244. The van der Waals surface area contributed by atoms with Gasteiger partial charge in [-0.25, -0.2) is 0 Å². The van der Waals surface area contributed by atoms with Crippen molar-refractivity contribution in [3.05, 3.63) is 179 Å². The fourth-order valence-electron chi connectivity index (χ4n) is 8.11. The molecule has 0 N–H and O–H groups in total. The van der Waals surface area contributed by atoms with E-state index in [1.165, 1.54) is 151 Å². The maximum atomic E-state index is 2.43. The standard InChI is InChI=1S/2C28H29.C2H6Si.2ClH.Zr/c2*1-4-5-6-7-22-18-27-25(23-12-8-20(2)9-13-23)16-17-26(28(27)19-22)24-14-10-21(3)11-15-24;1-3-2;;;/h2*8-19H,4-7H2,1-3H3;1-2H3;2*1H;/q2*-1;;;;+2/p-2. The van der Waals surface area contributed by atoms with Gasteiger partial charge in [-0.3, -0.25) is 0 Å². The first kappa shape index (κ1) is 50.9. The van der Waals surface area contributed by atoms with Crippen molar-refractivity contribution in [3.8, 4) is 44.5 Å². The van der Waals surface area contributed by atoms with E-state index >= 15 is 0 Å². The van der Waals surface area contributed by atoms with Gasteiger partial charge in [0.05, 0.1) is 0 Å². The van der Waals surface area contributed by atoms with Gasteiger partial charge in [0.15, 0.2) is 0 Å². The first-order valence-electron chi connectivity index (χ1n) is 22.3. The molecule has 4 heteroatoms. The Hall–Kier alpha value is -3.78. The maximum Gasteiger partial charge on any atom is -1.00 e. The molecule has 0 unspecified atom stereocenters. The summed E-state index contributed by atoms with van der Waals surface area (Å²) in [6.45, 7) is 17.7. The van der Waals surface area contributed by atoms with Gasteiger partial charge in [-0.15, -0.1) is 44.8 Å². The summed E-state index contributed by atoms with van der Waals surface area (Å²) in [6, 6.07) is 54.6. The number of benzene rings is 6. The predicted molar refractivity (Wildman–Crippen MR) is 264 cm³/mol. The Morgan fingerprint density at radius 3 is 0.935 bits per heavy atom. The van der Waals surface area contributed by atoms with Crippen molar-refractivity contribution in [2.45, 2.75) is 106 Å². The largest absolute Gasteiger partial charge is 1.00 e. The quantitative estimate of drug-likeness (QED) is 0.0650. The van der Waals surface area contributed by atoms with Crippen molar-refractivity contribution in [2.24, 2.45) is 0 Å². The number of aryl methyl sites for hydroxylation is 6. The van der Waals surface area contributed by atoms with Crippen LogP contribution in [0.5, 0.6) is 0 Å². The van der Waals surface area contributed by atoms with Crippen LogP contribution >= 0.6 is 0 Å². The molecule has 8 aromatic rings. The summed E-state index contributed by atoms with van der Waals surface area (Å²) in [5.74, 6) is 0. The van der Waals surface area contributed by atoms with Crippen molar-refractivity contribution in [2.75, 3.05) is 0 Å². The second-order valence-electron chi connectivity index (χ2n) is 17.1. The van der Waals surface area contributed by atoms with E-state index in [-0.39, 0.29) is 30.2 Å². The van der Waals surface area contributed by atoms with E-state index in [1.54, 1.807) is 23.3 Å². The Morgan fingerprint density at radius 1 is 0.403 bits per heavy atom. The summed E-state index contributed by atoms with van der Waals surface area (Å²) in [5, 5.41) is 5.53. The van der Waals surface area contributed by atoms with E-state index in [4.69, 9.17) is 0 Å². The van der Waals surface area contributed by atoms with Gasteiger partial charge < -0.3 is 24.8 Å². The van der Waals surface area contributed by atoms with E-state index in [0.29, 0.717) is 0 Å². The molecule has 8 aromatic carbocycles. The molecule has 0 nitrogen and oxygen atoms in total. The van der Waals surface area contributed by atoms with Gasteiger partial charge in [0, 0.05) is 0 Å². The van der Waals surface area contributed by atoms with Gasteiger partial charge in [-0.2, -0.15) is 12.1 Å². The molecule has 0 atom stereocenters. The Kier molecular flexibility index (Phi) is 20.4. The number of rotatable bonds is 12. The zero-order chi connectivity index (χ0) is 42.6. The van der Waals surface area contributed by atoms with E-state index in [9.17, 15) is 0 Å². The van der Waals surface area contributed by atoms with Gasteiger partial charge in [0.25, 0.3) is 0 Å². The summed E-state index contributed by atoms with van der Waals surface area (Å²) < 4.78 is 0. The minimum absolute atomic E-state index is 0. The smallest absolute Gasteiger partial charge is 1.00 e. The average Bonchev–Trinajstić information content (AvgIpc) is 3.87. The predicted octanol–water partition coefficient (Wildman–Crippen LogP) is 11.3. The van der Waals surface area contributed by atoms with Crippen LogP contribution in [0.1, 0.15) is 85.8 Å². The van der Waals surface area contributed by atoms with Crippen molar-refractivity contribution < 1.29 is 48.1 Å². The van der Waals surface area contributed by atoms with Gasteiger partial charge >= 0.3 is 41.9 Å². The third kappa shape index (κ3) is 13.6. The molecule has 0 radical (unpaired) electrons. The number of unbranched alkanes of at least 4 members (excludes halogenated alkanes) is 4. The van der Waals surface area contributed by atoms with E-state index < -0.39 is 0 Å². The normalized spacial score (nSPS) is 10.6. The van der Waals surface area contributed by atoms with Gasteiger partial charge in [-0.05, 0) is 51.7 Å². The maximum absolute atomic E-state index is 2.43. The molecule has 0 spiro atoms. The zero-order valence-electron chi connectivity index (χ0n) is 38.3. The van der Waals surface area contributed by atoms with Gasteiger partial charge in [0.2, 0.25) is 0 Å². The average molecular weight is 951 g/mol. The van der Waals surface area contributed by atoms with Crippen LogP contribution in [-0.2, 0) is 36.2 Å². The zero-order valence-corrected chi connectivity index (χ0v) is 43.2. The second kappa shape index (κ2) is 24.9. The topological polar surface area (TPSA) is 0 Å². The molecule has 0 bridgehead atoms. The molecule has 0 saturated carbocycles. The molecule has 8 rings (SSSR count). The molecule has 320 valence electrons. The number of hydrogen-bond donors (Lipinski definition) is 0. The Morgan fingerprint density at radius 2 is 0.661 bits per heavy atom. The molecule has 62 heavy (non-hydrogen) atoms. The molecule has 0 aliphatic carbocycles. The molecule has 0 aliphatic heterocycles. The van der Waals surface area contributed by atoms with Crippen LogP contribution in [0.2, 0.25) is 13.1 Å². The summed E-state index contributed by atoms with van der Waals surface area (Å²) in [6.07, 6.45) is 10.0. The van der Waals surface area contributed by atoms with Crippen LogP contribution < -0.4 is 24.8 Å². The third-order valence-electron chi connectivity index (χ3n) is 11.5. The minimum Gasteiger partial charge on any atom is -1.00 e. The van der Waals surface area contributed by atoms with E-state index in [2.05, 4.69) is 200 Å². The summed E-state index contributed by atoms with van der Waals surface area (Å²) >= 11 is 1.74. The van der Waals surface area contributed by atoms with E-state index in [0.717, 1.165) is 0 Å². The number of halogens is 2. The van der Waals surface area contributed by atoms with Crippen LogP contribution in [0.4, 0.5) is 0 Å². The van der Waals surface area contributed by atoms with Crippen molar-refractivity contribution in [1.82, 2.24) is 0 Å². The van der Waals surface area contributed by atoms with Crippen molar-refractivity contribution in [1.29, 1.82) is 0 Å². The molecule has 0 fully saturated rings. The van der Waals surface area contributed by atoms with Crippen LogP contribution in [0, 0.1) is 27.7 Å². The first-order valence-corrected chi connectivity index (χ1v) is 28.5. The Labute approximate surface area is 401 Å². The molecule has 0 aromatic heterocycles. The van der Waals surface area contributed by atoms with Crippen molar-refractivity contribution >= 4 is 27.0 Å². The van der Waals surface area contributed by atoms with Gasteiger partial charge in [0.1, 0.15) is 0 Å². The third-order valence-corrected chi connectivity index (χ3v) is 11.5. The summed E-state index contributed by atoms with van der Waals surface area (Å²) in [7, 11) is 0. The molecular weight excluding hydrogens is 887 g/mol. The van der Waals surface area contributed by atoms with Crippen LogP contribution in [0.15, 0.2) is 146 Å². The fraction of sp³-hybridized carbons (Fsp3) is 0.276. The number of fused-ring (bicyclic) bond motifs is 2. The monoisotopic (exact) mass is 948 g/mol. The summed E-state index contributed by atoms with van der Waals surface area (Å²) in [5.41, 5.74) is 18.9. The molecular formula is C58H64Cl2SiZr-2. The van der Waals surface area contributed by atoms with Crippen LogP contribution in [-0.4, -0.2) is 5.43 Å². The fourth-order valence-corrected chi connectivity index (χ4v) is 8.11. The van der Waals surface area contributed by atoms with Crippen LogP contribution in [0.25, 0.3) is 66.1 Å². The molecule has 0 heterocycles. The van der Waals surface area contributed by atoms with Crippen molar-refractivity contribution in [3.63, 3.8) is 0 Å². The Bertz CT molecular complexity index is 2260. The van der Waals surface area contributed by atoms with E-state index in [1.807, 2.05) is 0 Å².